The van der Waals surface area contributed by atoms with Gasteiger partial charge in [0.05, 0.1) is 0 Å². The van der Waals surface area contributed by atoms with Crippen LogP contribution in [-0.2, 0) is 9.59 Å². The van der Waals surface area contributed by atoms with Crippen molar-refractivity contribution < 1.29 is 9.59 Å². The monoisotopic (exact) mass is 263 g/mol. The number of nitrogens with one attached hydrogen (secondary N) is 2. The van der Waals surface area contributed by atoms with Gasteiger partial charge < -0.3 is 16.4 Å². The Kier molecular flexibility index (Phi) is 5.06. The van der Waals surface area contributed by atoms with Gasteiger partial charge in [-0.3, -0.25) is 9.59 Å². The SMILES string of the molecule is CC(=O)Nc1ccc(NC(=O)CCC(C)(C)N)cc1. The lowest BCUT2D eigenvalue weighted by molar-refractivity contribution is -0.116. The van der Waals surface area contributed by atoms with Gasteiger partial charge in [0.1, 0.15) is 0 Å². The summed E-state index contributed by atoms with van der Waals surface area (Å²) in [5.74, 6) is -0.187. The molecule has 1 aromatic rings. The summed E-state index contributed by atoms with van der Waals surface area (Å²) < 4.78 is 0. The van der Waals surface area contributed by atoms with Crippen LogP contribution in [0.15, 0.2) is 24.3 Å². The second-order valence-electron chi connectivity index (χ2n) is 5.30. The number of rotatable bonds is 5. The molecular formula is C14H21N3O2. The van der Waals surface area contributed by atoms with E-state index in [0.29, 0.717) is 24.2 Å². The maximum atomic E-state index is 11.7. The van der Waals surface area contributed by atoms with Crippen LogP contribution in [0.5, 0.6) is 0 Å². The Balaban J connectivity index is 2.49. The molecule has 0 aliphatic rings. The third-order valence-electron chi connectivity index (χ3n) is 2.49. The fourth-order valence-electron chi connectivity index (χ4n) is 1.50. The Bertz CT molecular complexity index is 447. The first-order valence-corrected chi connectivity index (χ1v) is 6.23. The van der Waals surface area contributed by atoms with E-state index in [2.05, 4.69) is 10.6 Å². The lowest BCUT2D eigenvalue weighted by Gasteiger charge is -2.17. The molecule has 0 aliphatic heterocycles. The van der Waals surface area contributed by atoms with Crippen LogP contribution in [0.2, 0.25) is 0 Å². The first-order valence-electron chi connectivity index (χ1n) is 6.23. The van der Waals surface area contributed by atoms with Gasteiger partial charge in [-0.15, -0.1) is 0 Å². The molecule has 2 amide bonds. The lowest BCUT2D eigenvalue weighted by Crippen LogP contribution is -2.33. The summed E-state index contributed by atoms with van der Waals surface area (Å²) in [6.45, 7) is 5.23. The molecule has 0 atom stereocenters. The molecule has 0 aromatic heterocycles. The number of anilines is 2. The molecule has 0 saturated carbocycles. The molecule has 0 radical (unpaired) electrons. The van der Waals surface area contributed by atoms with Crippen molar-refractivity contribution >= 4 is 23.2 Å². The van der Waals surface area contributed by atoms with Crippen molar-refractivity contribution in [3.63, 3.8) is 0 Å². The number of nitrogens with two attached hydrogens (primary N) is 1. The van der Waals surface area contributed by atoms with E-state index in [1.807, 2.05) is 13.8 Å². The van der Waals surface area contributed by atoms with E-state index in [1.165, 1.54) is 6.92 Å². The highest BCUT2D eigenvalue weighted by atomic mass is 16.2. The van der Waals surface area contributed by atoms with Gasteiger partial charge in [-0.05, 0) is 44.5 Å². The van der Waals surface area contributed by atoms with E-state index < -0.39 is 0 Å². The van der Waals surface area contributed by atoms with Crippen molar-refractivity contribution in [2.75, 3.05) is 10.6 Å². The third-order valence-corrected chi connectivity index (χ3v) is 2.49. The van der Waals surface area contributed by atoms with Crippen LogP contribution < -0.4 is 16.4 Å². The largest absolute Gasteiger partial charge is 0.326 e. The van der Waals surface area contributed by atoms with Gasteiger partial charge in [0.15, 0.2) is 0 Å². The van der Waals surface area contributed by atoms with E-state index in [-0.39, 0.29) is 17.4 Å². The average molecular weight is 263 g/mol. The molecule has 19 heavy (non-hydrogen) atoms. The fraction of sp³-hybridized carbons (Fsp3) is 0.429. The molecule has 5 nitrogen and oxygen atoms in total. The van der Waals surface area contributed by atoms with Crippen LogP contribution in [0.4, 0.5) is 11.4 Å². The van der Waals surface area contributed by atoms with Crippen molar-refractivity contribution in [3.05, 3.63) is 24.3 Å². The van der Waals surface area contributed by atoms with Crippen LogP contribution >= 0.6 is 0 Å². The number of benzene rings is 1. The molecule has 0 aliphatic carbocycles. The zero-order chi connectivity index (χ0) is 14.5. The molecule has 0 bridgehead atoms. The number of carbonyl (C=O) groups is 2. The minimum atomic E-state index is -0.341. The number of amides is 2. The number of carbonyl (C=O) groups excluding carboxylic acids is 2. The Labute approximate surface area is 113 Å². The normalized spacial score (nSPS) is 10.9. The Hall–Kier alpha value is -1.88. The van der Waals surface area contributed by atoms with Crippen molar-refractivity contribution in [2.45, 2.75) is 39.2 Å². The molecule has 104 valence electrons. The van der Waals surface area contributed by atoms with Gasteiger partial charge >= 0.3 is 0 Å². The van der Waals surface area contributed by atoms with Crippen LogP contribution in [0.3, 0.4) is 0 Å². The molecular weight excluding hydrogens is 242 g/mol. The average Bonchev–Trinajstić information content (AvgIpc) is 2.28. The molecule has 0 fully saturated rings. The van der Waals surface area contributed by atoms with E-state index >= 15 is 0 Å². The Morgan fingerprint density at radius 2 is 1.58 bits per heavy atom. The summed E-state index contributed by atoms with van der Waals surface area (Å²) >= 11 is 0. The maximum absolute atomic E-state index is 11.7. The molecule has 0 spiro atoms. The first kappa shape index (κ1) is 15.2. The van der Waals surface area contributed by atoms with E-state index in [4.69, 9.17) is 5.73 Å². The van der Waals surface area contributed by atoms with Crippen molar-refractivity contribution in [1.29, 1.82) is 0 Å². The quantitative estimate of drug-likeness (QED) is 0.760. The highest BCUT2D eigenvalue weighted by Crippen LogP contribution is 2.14. The summed E-state index contributed by atoms with van der Waals surface area (Å²) in [6.07, 6.45) is 1.01. The third kappa shape index (κ3) is 6.57. The number of hydrogen-bond donors (Lipinski definition) is 3. The first-order chi connectivity index (χ1) is 8.76. The Morgan fingerprint density at radius 1 is 1.11 bits per heavy atom. The predicted molar refractivity (Wildman–Crippen MR) is 76.9 cm³/mol. The molecule has 0 saturated heterocycles. The number of hydrogen-bond acceptors (Lipinski definition) is 3. The highest BCUT2D eigenvalue weighted by Gasteiger charge is 2.13. The summed E-state index contributed by atoms with van der Waals surface area (Å²) in [5, 5.41) is 5.45. The van der Waals surface area contributed by atoms with Gasteiger partial charge in [-0.25, -0.2) is 0 Å². The molecule has 1 aromatic carbocycles. The minimum absolute atomic E-state index is 0.0641. The van der Waals surface area contributed by atoms with Crippen LogP contribution in [0.25, 0.3) is 0 Å². The molecule has 0 heterocycles. The molecule has 4 N–H and O–H groups in total. The molecule has 1 rings (SSSR count). The maximum Gasteiger partial charge on any atom is 0.224 e. The smallest absolute Gasteiger partial charge is 0.224 e. The van der Waals surface area contributed by atoms with Gasteiger partial charge in [0, 0.05) is 30.3 Å². The summed E-state index contributed by atoms with van der Waals surface area (Å²) in [4.78, 5) is 22.5. The lowest BCUT2D eigenvalue weighted by atomic mass is 10.00. The second-order valence-corrected chi connectivity index (χ2v) is 5.30. The predicted octanol–water partition coefficient (Wildman–Crippen LogP) is 2.10. The summed E-state index contributed by atoms with van der Waals surface area (Å²) in [5.41, 5.74) is 6.89. The minimum Gasteiger partial charge on any atom is -0.326 e. The van der Waals surface area contributed by atoms with E-state index in [0.717, 1.165) is 0 Å². The van der Waals surface area contributed by atoms with Gasteiger partial charge in [-0.2, -0.15) is 0 Å². The van der Waals surface area contributed by atoms with Gasteiger partial charge in [-0.1, -0.05) is 0 Å². The van der Waals surface area contributed by atoms with E-state index in [9.17, 15) is 9.59 Å². The van der Waals surface area contributed by atoms with Gasteiger partial charge in [0.25, 0.3) is 0 Å². The van der Waals surface area contributed by atoms with Crippen LogP contribution in [0, 0.1) is 0 Å². The van der Waals surface area contributed by atoms with Crippen molar-refractivity contribution in [1.82, 2.24) is 0 Å². The topological polar surface area (TPSA) is 84.2 Å². The van der Waals surface area contributed by atoms with Gasteiger partial charge in [0.2, 0.25) is 11.8 Å². The van der Waals surface area contributed by atoms with Crippen molar-refractivity contribution in [2.24, 2.45) is 5.73 Å². The zero-order valence-corrected chi connectivity index (χ0v) is 11.6. The summed E-state index contributed by atoms with van der Waals surface area (Å²) in [6, 6.07) is 6.97. The van der Waals surface area contributed by atoms with Crippen LogP contribution in [-0.4, -0.2) is 17.4 Å². The summed E-state index contributed by atoms with van der Waals surface area (Å²) in [7, 11) is 0. The van der Waals surface area contributed by atoms with E-state index in [1.54, 1.807) is 24.3 Å². The highest BCUT2D eigenvalue weighted by molar-refractivity contribution is 5.92. The standard InChI is InChI=1S/C14H21N3O2/c1-10(18)16-11-4-6-12(7-5-11)17-13(19)8-9-14(2,3)15/h4-7H,8-9,15H2,1-3H3,(H,16,18)(H,17,19). The van der Waals surface area contributed by atoms with Crippen LogP contribution in [0.1, 0.15) is 33.6 Å². The fourth-order valence-corrected chi connectivity index (χ4v) is 1.50. The Morgan fingerprint density at radius 3 is 2.00 bits per heavy atom. The second kappa shape index (κ2) is 6.33. The van der Waals surface area contributed by atoms with Crippen molar-refractivity contribution in [3.8, 4) is 0 Å². The zero-order valence-electron chi connectivity index (χ0n) is 11.6. The molecule has 5 heteroatoms. The molecule has 0 unspecified atom stereocenters.